The Morgan fingerprint density at radius 2 is 1.82 bits per heavy atom. The molecule has 2 aromatic carbocycles. The van der Waals surface area contributed by atoms with E-state index in [1.54, 1.807) is 0 Å². The Labute approximate surface area is 170 Å². The lowest BCUT2D eigenvalue weighted by atomic mass is 9.88. The normalized spacial score (nSPS) is 17.5. The number of hydrogen-bond acceptors (Lipinski definition) is 4. The van der Waals surface area contributed by atoms with Crippen LogP contribution >= 0.6 is 11.8 Å². The lowest BCUT2D eigenvalue weighted by Gasteiger charge is -2.26. The number of thioether (sulfide) groups is 1. The first-order valence-electron chi connectivity index (χ1n) is 9.96. The fraction of sp³-hybridized carbons (Fsp3) is 0.391. The molecule has 0 spiro atoms. The largest absolute Gasteiger partial charge is 0.455 e. The van der Waals surface area contributed by atoms with E-state index in [0.29, 0.717) is 0 Å². The Morgan fingerprint density at radius 3 is 2.75 bits per heavy atom. The first kappa shape index (κ1) is 19.1. The maximum Gasteiger partial charge on any atom is 0.316 e. The van der Waals surface area contributed by atoms with Gasteiger partial charge in [-0.1, -0.05) is 30.3 Å². The lowest BCUT2D eigenvalue weighted by Crippen LogP contribution is -2.34. The van der Waals surface area contributed by atoms with Gasteiger partial charge >= 0.3 is 5.97 Å². The molecule has 1 amide bonds. The van der Waals surface area contributed by atoms with E-state index in [0.717, 1.165) is 37.0 Å². The molecule has 0 radical (unpaired) electrons. The molecule has 0 fully saturated rings. The third-order valence-electron chi connectivity index (χ3n) is 5.50. The van der Waals surface area contributed by atoms with E-state index in [2.05, 4.69) is 35.6 Å². The van der Waals surface area contributed by atoms with Crippen LogP contribution in [0.25, 0.3) is 0 Å². The Morgan fingerprint density at radius 1 is 1.00 bits per heavy atom. The number of carbonyl (C=O) groups excluding carboxylic acids is 2. The molecule has 4 rings (SSSR count). The van der Waals surface area contributed by atoms with Crippen LogP contribution in [0.1, 0.15) is 47.6 Å². The van der Waals surface area contributed by atoms with Gasteiger partial charge in [0.15, 0.2) is 6.61 Å². The number of carbonyl (C=O) groups is 2. The highest BCUT2D eigenvalue weighted by Gasteiger charge is 2.21. The Hall–Kier alpha value is -2.27. The van der Waals surface area contributed by atoms with Crippen molar-refractivity contribution in [3.05, 3.63) is 64.7 Å². The van der Waals surface area contributed by atoms with Gasteiger partial charge in [0.2, 0.25) is 0 Å². The van der Waals surface area contributed by atoms with Crippen molar-refractivity contribution in [2.45, 2.75) is 49.5 Å². The van der Waals surface area contributed by atoms with Crippen LogP contribution in [-0.4, -0.2) is 24.2 Å². The summed E-state index contributed by atoms with van der Waals surface area (Å²) in [5, 5.41) is 3.01. The van der Waals surface area contributed by atoms with E-state index in [-0.39, 0.29) is 30.3 Å². The molecule has 0 saturated carbocycles. The Balaban J connectivity index is 1.22. The Bertz CT molecular complexity index is 880. The zero-order valence-electron chi connectivity index (χ0n) is 15.9. The second kappa shape index (κ2) is 8.82. The molecule has 28 heavy (non-hydrogen) atoms. The van der Waals surface area contributed by atoms with Crippen LogP contribution in [0, 0.1) is 0 Å². The highest BCUT2D eigenvalue weighted by Crippen LogP contribution is 2.29. The third-order valence-corrected chi connectivity index (χ3v) is 6.46. The molecule has 0 heterocycles. The number of aryl methyl sites for hydroxylation is 3. The monoisotopic (exact) mass is 395 g/mol. The van der Waals surface area contributed by atoms with Crippen LogP contribution in [0.15, 0.2) is 47.4 Å². The van der Waals surface area contributed by atoms with Crippen LogP contribution in [0.4, 0.5) is 0 Å². The van der Waals surface area contributed by atoms with Crippen LogP contribution in [0.2, 0.25) is 0 Å². The first-order valence-corrected chi connectivity index (χ1v) is 10.9. The van der Waals surface area contributed by atoms with E-state index in [1.165, 1.54) is 40.4 Å². The molecule has 0 aromatic heterocycles. The molecule has 1 N–H and O–H groups in total. The number of amides is 1. The van der Waals surface area contributed by atoms with Gasteiger partial charge in [0.05, 0.1) is 11.8 Å². The number of hydrogen-bond donors (Lipinski definition) is 1. The van der Waals surface area contributed by atoms with Crippen LogP contribution in [0.3, 0.4) is 0 Å². The summed E-state index contributed by atoms with van der Waals surface area (Å²) < 4.78 is 5.18. The minimum atomic E-state index is -0.357. The average molecular weight is 396 g/mol. The molecular formula is C23H25NO3S. The minimum Gasteiger partial charge on any atom is -0.455 e. The predicted octanol–water partition coefficient (Wildman–Crippen LogP) is 4.00. The standard InChI is InChI=1S/C23H25NO3S/c25-22(24-21-10-4-7-17-5-1-2-9-20(17)21)14-27-23(26)15-28-19-12-11-16-6-3-8-18(16)13-19/h1-2,5,9,11-13,21H,3-4,6-8,10,14-15H2,(H,24,25)/t21-/m1/s1. The fourth-order valence-corrected chi connectivity index (χ4v) is 4.87. The highest BCUT2D eigenvalue weighted by atomic mass is 32.2. The summed E-state index contributed by atoms with van der Waals surface area (Å²) in [6.45, 7) is -0.220. The molecule has 0 bridgehead atoms. The minimum absolute atomic E-state index is 0.0111. The summed E-state index contributed by atoms with van der Waals surface area (Å²) in [6.07, 6.45) is 6.52. The summed E-state index contributed by atoms with van der Waals surface area (Å²) >= 11 is 1.47. The third kappa shape index (κ3) is 4.58. The van der Waals surface area contributed by atoms with E-state index >= 15 is 0 Å². The zero-order valence-corrected chi connectivity index (χ0v) is 16.7. The summed E-state index contributed by atoms with van der Waals surface area (Å²) in [6, 6.07) is 14.6. The molecule has 0 aliphatic heterocycles. The van der Waals surface area contributed by atoms with Crippen molar-refractivity contribution in [2.24, 2.45) is 0 Å². The maximum atomic E-state index is 12.2. The van der Waals surface area contributed by atoms with Crippen LogP contribution in [-0.2, 0) is 33.6 Å². The van der Waals surface area contributed by atoms with Crippen molar-refractivity contribution in [3.8, 4) is 0 Å². The smallest absolute Gasteiger partial charge is 0.316 e. The molecule has 2 aliphatic rings. The van der Waals surface area contributed by atoms with Crippen molar-refractivity contribution in [1.82, 2.24) is 5.32 Å². The summed E-state index contributed by atoms with van der Waals surface area (Å²) in [7, 11) is 0. The Kier molecular flexibility index (Phi) is 6.01. The van der Waals surface area contributed by atoms with Gasteiger partial charge in [0.25, 0.3) is 5.91 Å². The second-order valence-electron chi connectivity index (χ2n) is 7.44. The van der Waals surface area contributed by atoms with Crippen LogP contribution < -0.4 is 5.32 Å². The molecule has 0 saturated heterocycles. The molecule has 4 nitrogen and oxygen atoms in total. The number of rotatable bonds is 6. The number of nitrogens with one attached hydrogen (secondary N) is 1. The predicted molar refractivity (Wildman–Crippen MR) is 110 cm³/mol. The molecule has 1 atom stereocenters. The molecule has 2 aliphatic carbocycles. The van der Waals surface area contributed by atoms with E-state index in [9.17, 15) is 9.59 Å². The number of fused-ring (bicyclic) bond motifs is 2. The van der Waals surface area contributed by atoms with Crippen molar-refractivity contribution in [1.29, 1.82) is 0 Å². The van der Waals surface area contributed by atoms with Gasteiger partial charge in [0.1, 0.15) is 0 Å². The van der Waals surface area contributed by atoms with Gasteiger partial charge in [-0.25, -0.2) is 0 Å². The van der Waals surface area contributed by atoms with Crippen molar-refractivity contribution < 1.29 is 14.3 Å². The topological polar surface area (TPSA) is 55.4 Å². The fourth-order valence-electron chi connectivity index (χ4n) is 4.11. The molecular weight excluding hydrogens is 370 g/mol. The average Bonchev–Trinajstić information content (AvgIpc) is 3.19. The second-order valence-corrected chi connectivity index (χ2v) is 8.49. The zero-order chi connectivity index (χ0) is 19.3. The van der Waals surface area contributed by atoms with E-state index < -0.39 is 0 Å². The van der Waals surface area contributed by atoms with Gasteiger partial charge in [-0.2, -0.15) is 0 Å². The summed E-state index contributed by atoms with van der Waals surface area (Å²) in [4.78, 5) is 25.3. The van der Waals surface area contributed by atoms with Gasteiger partial charge in [-0.3, -0.25) is 9.59 Å². The van der Waals surface area contributed by atoms with Gasteiger partial charge in [-0.15, -0.1) is 11.8 Å². The summed E-state index contributed by atoms with van der Waals surface area (Å²) in [5.41, 5.74) is 5.29. The molecule has 0 unspecified atom stereocenters. The van der Waals surface area contributed by atoms with Gasteiger partial charge in [-0.05, 0) is 72.9 Å². The number of benzene rings is 2. The van der Waals surface area contributed by atoms with Crippen molar-refractivity contribution in [2.75, 3.05) is 12.4 Å². The molecule has 2 aromatic rings. The van der Waals surface area contributed by atoms with Gasteiger partial charge < -0.3 is 10.1 Å². The molecule has 5 heteroatoms. The van der Waals surface area contributed by atoms with E-state index in [4.69, 9.17) is 4.74 Å². The first-order chi connectivity index (χ1) is 13.7. The van der Waals surface area contributed by atoms with Crippen LogP contribution in [0.5, 0.6) is 0 Å². The van der Waals surface area contributed by atoms with Crippen molar-refractivity contribution >= 4 is 23.6 Å². The molecule has 146 valence electrons. The lowest BCUT2D eigenvalue weighted by molar-refractivity contribution is -0.146. The van der Waals surface area contributed by atoms with Crippen molar-refractivity contribution in [3.63, 3.8) is 0 Å². The highest BCUT2D eigenvalue weighted by molar-refractivity contribution is 8.00. The summed E-state index contributed by atoms with van der Waals surface area (Å²) in [5.74, 6) is -0.375. The number of esters is 1. The quantitative estimate of drug-likeness (QED) is 0.593. The maximum absolute atomic E-state index is 12.2. The number of ether oxygens (including phenoxy) is 1. The van der Waals surface area contributed by atoms with Gasteiger partial charge in [0, 0.05) is 4.90 Å². The van der Waals surface area contributed by atoms with E-state index in [1.807, 2.05) is 12.1 Å². The SMILES string of the molecule is O=C(COC(=O)CSc1ccc2c(c1)CCC2)N[C@@H]1CCCc2ccccc21.